The maximum absolute atomic E-state index is 2.57. The Hall–Kier alpha value is 0. The molecule has 19 heavy (non-hydrogen) atoms. The van der Waals surface area contributed by atoms with Crippen LogP contribution in [-0.2, 0) is 0 Å². The Morgan fingerprint density at radius 3 is 2.16 bits per heavy atom. The van der Waals surface area contributed by atoms with Crippen molar-refractivity contribution in [2.45, 2.75) is 72.6 Å². The maximum atomic E-state index is 2.57. The molecule has 4 unspecified atom stereocenters. The van der Waals surface area contributed by atoms with E-state index in [2.05, 4.69) is 27.7 Å². The first-order valence-corrected chi connectivity index (χ1v) is 9.09. The lowest BCUT2D eigenvalue weighted by atomic mass is 9.48. The summed E-state index contributed by atoms with van der Waals surface area (Å²) in [5.41, 5.74) is 0. The van der Waals surface area contributed by atoms with Gasteiger partial charge < -0.3 is 0 Å². The summed E-state index contributed by atoms with van der Waals surface area (Å²) in [6.07, 6.45) is 10.7. The Kier molecular flexibility index (Phi) is 3.98. The van der Waals surface area contributed by atoms with E-state index in [1.165, 1.54) is 32.1 Å². The molecule has 0 saturated heterocycles. The van der Waals surface area contributed by atoms with Gasteiger partial charge in [-0.15, -0.1) is 0 Å². The van der Waals surface area contributed by atoms with Crippen molar-refractivity contribution >= 4 is 0 Å². The lowest BCUT2D eigenvalue weighted by Crippen LogP contribution is -2.51. The first kappa shape index (κ1) is 14.0. The van der Waals surface area contributed by atoms with Crippen molar-refractivity contribution in [3.05, 3.63) is 0 Å². The summed E-state index contributed by atoms with van der Waals surface area (Å²) in [5.74, 6) is 8.29. The van der Waals surface area contributed by atoms with Gasteiger partial charge in [0.05, 0.1) is 0 Å². The normalized spacial score (nSPS) is 54.9. The third kappa shape index (κ3) is 2.38. The first-order valence-electron chi connectivity index (χ1n) is 9.09. The Bertz CT molecular complexity index is 307. The minimum Gasteiger partial charge on any atom is -0.0622 e. The van der Waals surface area contributed by atoms with Crippen LogP contribution in [0.25, 0.3) is 0 Å². The van der Waals surface area contributed by atoms with Crippen LogP contribution in [0.3, 0.4) is 0 Å². The van der Waals surface area contributed by atoms with E-state index >= 15 is 0 Å². The second kappa shape index (κ2) is 5.41. The van der Waals surface area contributed by atoms with E-state index in [-0.39, 0.29) is 0 Å². The molecule has 0 heterocycles. The highest BCUT2D eigenvalue weighted by molar-refractivity contribution is 4.99. The van der Waals surface area contributed by atoms with Crippen molar-refractivity contribution < 1.29 is 0 Å². The van der Waals surface area contributed by atoms with Gasteiger partial charge in [-0.3, -0.25) is 0 Å². The van der Waals surface area contributed by atoms with Crippen LogP contribution < -0.4 is 0 Å². The molecule has 3 fully saturated rings. The van der Waals surface area contributed by atoms with Crippen LogP contribution in [0.5, 0.6) is 0 Å². The molecule has 0 radical (unpaired) electrons. The van der Waals surface area contributed by atoms with Gasteiger partial charge in [0.1, 0.15) is 0 Å². The van der Waals surface area contributed by atoms with Gasteiger partial charge in [-0.2, -0.15) is 0 Å². The average molecular weight is 262 g/mol. The molecule has 3 aliphatic carbocycles. The molecule has 3 aliphatic rings. The fourth-order valence-electron chi connectivity index (χ4n) is 6.17. The zero-order valence-electron chi connectivity index (χ0n) is 13.6. The van der Waals surface area contributed by atoms with Gasteiger partial charge in [-0.25, -0.2) is 0 Å². The van der Waals surface area contributed by atoms with Gasteiger partial charge >= 0.3 is 0 Å². The second-order valence-corrected chi connectivity index (χ2v) is 8.45. The van der Waals surface area contributed by atoms with E-state index in [1.54, 1.807) is 12.8 Å². The zero-order valence-corrected chi connectivity index (χ0v) is 13.6. The van der Waals surface area contributed by atoms with Gasteiger partial charge in [0.15, 0.2) is 0 Å². The van der Waals surface area contributed by atoms with Crippen LogP contribution >= 0.6 is 0 Å². The van der Waals surface area contributed by atoms with Gasteiger partial charge in [0.2, 0.25) is 0 Å². The predicted octanol–water partition coefficient (Wildman–Crippen LogP) is 5.77. The standard InChI is InChI=1S/C19H34/c1-12-10-13(2)18-11-16(12)8-6-5-7-9-17-14(3)15(4)19(17)18/h12-19H,5-11H2,1-4H3/t12-,13?,14+,15-,16?,17?,18?,19-/m0/s1. The third-order valence-electron chi connectivity index (χ3n) is 7.57. The highest BCUT2D eigenvalue weighted by atomic mass is 14.6. The summed E-state index contributed by atoms with van der Waals surface area (Å²) >= 11 is 0. The highest BCUT2D eigenvalue weighted by Gasteiger charge is 2.51. The summed E-state index contributed by atoms with van der Waals surface area (Å²) < 4.78 is 0. The molecule has 0 aromatic heterocycles. The van der Waals surface area contributed by atoms with Crippen molar-refractivity contribution in [1.29, 1.82) is 0 Å². The summed E-state index contributed by atoms with van der Waals surface area (Å²) in [6, 6.07) is 0. The largest absolute Gasteiger partial charge is 0.0622 e. The van der Waals surface area contributed by atoms with Crippen molar-refractivity contribution in [3.63, 3.8) is 0 Å². The van der Waals surface area contributed by atoms with Gasteiger partial charge in [-0.1, -0.05) is 53.4 Å². The minimum absolute atomic E-state index is 0.994. The van der Waals surface area contributed by atoms with Crippen molar-refractivity contribution in [1.82, 2.24) is 0 Å². The van der Waals surface area contributed by atoms with Crippen LogP contribution in [0.4, 0.5) is 0 Å². The van der Waals surface area contributed by atoms with Crippen LogP contribution in [-0.4, -0.2) is 0 Å². The molecule has 110 valence electrons. The third-order valence-corrected chi connectivity index (χ3v) is 7.57. The molecule has 0 spiro atoms. The van der Waals surface area contributed by atoms with Crippen LogP contribution in [0.2, 0.25) is 0 Å². The van der Waals surface area contributed by atoms with Gasteiger partial charge in [0.25, 0.3) is 0 Å². The lowest BCUT2D eigenvalue weighted by Gasteiger charge is -2.57. The molecule has 0 amide bonds. The van der Waals surface area contributed by atoms with Crippen LogP contribution in [0.1, 0.15) is 72.6 Å². The number of hydrogen-bond donors (Lipinski definition) is 0. The maximum Gasteiger partial charge on any atom is -0.0324 e. The van der Waals surface area contributed by atoms with E-state index in [1.807, 2.05) is 0 Å². The average Bonchev–Trinajstić information content (AvgIpc) is 2.40. The molecule has 0 aliphatic heterocycles. The SMILES string of the molecule is CC1C[C@H](C)C2CCCCCC3[C@@H](C1C2)[C@@H](C)[C@H]3C. The van der Waals surface area contributed by atoms with E-state index in [4.69, 9.17) is 0 Å². The smallest absolute Gasteiger partial charge is 0.0324 e. The monoisotopic (exact) mass is 262 g/mol. The number of fused-ring (bicyclic) bond motifs is 4. The Balaban J connectivity index is 1.80. The molecule has 2 bridgehead atoms. The highest BCUT2D eigenvalue weighted by Crippen LogP contribution is 2.57. The number of hydrogen-bond acceptors (Lipinski definition) is 0. The Morgan fingerprint density at radius 2 is 1.37 bits per heavy atom. The summed E-state index contributed by atoms with van der Waals surface area (Å²) in [4.78, 5) is 0. The number of rotatable bonds is 0. The Labute approximate surface area is 120 Å². The molecule has 0 aromatic carbocycles. The van der Waals surface area contributed by atoms with Gasteiger partial charge in [-0.05, 0) is 66.6 Å². The molecular formula is C19H34. The van der Waals surface area contributed by atoms with Crippen LogP contribution in [0, 0.1) is 47.3 Å². The molecule has 3 saturated carbocycles. The summed E-state index contributed by atoms with van der Waals surface area (Å²) in [5, 5.41) is 0. The minimum atomic E-state index is 0.994. The first-order chi connectivity index (χ1) is 9.09. The zero-order chi connectivity index (χ0) is 13.6. The molecule has 3 rings (SSSR count). The van der Waals surface area contributed by atoms with Crippen molar-refractivity contribution in [3.8, 4) is 0 Å². The lowest BCUT2D eigenvalue weighted by molar-refractivity contribution is -0.0873. The van der Waals surface area contributed by atoms with E-state index < -0.39 is 0 Å². The molecule has 0 nitrogen and oxygen atoms in total. The van der Waals surface area contributed by atoms with E-state index in [9.17, 15) is 0 Å². The van der Waals surface area contributed by atoms with Crippen molar-refractivity contribution in [2.24, 2.45) is 47.3 Å². The van der Waals surface area contributed by atoms with E-state index in [0.717, 1.165) is 47.3 Å². The fourth-order valence-corrected chi connectivity index (χ4v) is 6.17. The predicted molar refractivity (Wildman–Crippen MR) is 82.9 cm³/mol. The quantitative estimate of drug-likeness (QED) is 0.520. The topological polar surface area (TPSA) is 0 Å². The molecular weight excluding hydrogens is 228 g/mol. The van der Waals surface area contributed by atoms with Crippen molar-refractivity contribution in [2.75, 3.05) is 0 Å². The molecule has 0 N–H and O–H groups in total. The molecule has 0 heteroatoms. The Morgan fingerprint density at radius 1 is 0.632 bits per heavy atom. The molecule has 8 atom stereocenters. The van der Waals surface area contributed by atoms with Crippen LogP contribution in [0.15, 0.2) is 0 Å². The summed E-state index contributed by atoms with van der Waals surface area (Å²) in [7, 11) is 0. The summed E-state index contributed by atoms with van der Waals surface area (Å²) in [6.45, 7) is 10.2. The van der Waals surface area contributed by atoms with E-state index in [0.29, 0.717) is 0 Å². The van der Waals surface area contributed by atoms with Gasteiger partial charge in [0, 0.05) is 0 Å². The fraction of sp³-hybridized carbons (Fsp3) is 1.00. The second-order valence-electron chi connectivity index (χ2n) is 8.45. The molecule has 0 aromatic rings.